The van der Waals surface area contributed by atoms with E-state index in [1.807, 2.05) is 83.9 Å². The van der Waals surface area contributed by atoms with Gasteiger partial charge in [0.1, 0.15) is 52.4 Å². The van der Waals surface area contributed by atoms with Crippen molar-refractivity contribution in [3.05, 3.63) is 155 Å². The number of furan rings is 2. The second kappa shape index (κ2) is 30.3. The number of carbonyl (C=O) groups is 4. The lowest BCUT2D eigenvalue weighted by molar-refractivity contribution is 0.0941. The number of phenols is 1. The molecule has 8 aromatic rings. The van der Waals surface area contributed by atoms with Crippen LogP contribution in [0.2, 0.25) is 0 Å². The summed E-state index contributed by atoms with van der Waals surface area (Å²) in [7, 11) is 10.9. The van der Waals surface area contributed by atoms with Gasteiger partial charge in [0.25, 0.3) is 23.6 Å². The van der Waals surface area contributed by atoms with E-state index in [-0.39, 0.29) is 56.7 Å². The summed E-state index contributed by atoms with van der Waals surface area (Å²) in [6.07, 6.45) is 0. The summed E-state index contributed by atoms with van der Waals surface area (Å²) in [5.74, 6) is 0.0753. The number of nitrogens with zero attached hydrogens (tertiary/aromatic N) is 2. The van der Waals surface area contributed by atoms with Crippen molar-refractivity contribution < 1.29 is 51.7 Å². The van der Waals surface area contributed by atoms with Crippen LogP contribution in [0.1, 0.15) is 84.0 Å². The van der Waals surface area contributed by atoms with Crippen molar-refractivity contribution in [2.24, 2.45) is 11.8 Å². The number of aliphatic hydroxyl groups is 1. The standard InChI is InChI=1S/C31H34FN3O4.C27H25FN2O4.C4H11NO.2CH4/c1-19(2)18-34-30(36)22-9-12-26(38-15-14-35(4)5)24(17-22)21-8-13-27-25(16-21)28(31(37)33-3)29(39-27)20-6-10-23(32)11-7-20;1-15(2)14-30-26(32)18-6-10-22(31)20(13-18)17-7-11-23-21(12-17)24(27(33)29-3)25(34-23)16-4-8-19(28)9-5-16;1-5(2)3-4-6;;/h6-13,16-17,19H,14-15,18H2,1-5H3,(H,33,37)(H,34,36);4-13,15,31H,14H2,1-3H3,(H,29,33)(H,30,32);6H,3-4H2,1-2H3;2*1H4. The van der Waals surface area contributed by atoms with Crippen LogP contribution in [0.5, 0.6) is 11.5 Å². The van der Waals surface area contributed by atoms with Gasteiger partial charge in [0.15, 0.2) is 0 Å². The Kier molecular flexibility index (Phi) is 24.3. The minimum absolute atomic E-state index is 0. The first kappa shape index (κ1) is 65.1. The van der Waals surface area contributed by atoms with Gasteiger partial charge in [-0.2, -0.15) is 0 Å². The molecule has 81 heavy (non-hydrogen) atoms. The Hall–Kier alpha value is -8.38. The second-order valence-corrected chi connectivity index (χ2v) is 20.0. The smallest absolute Gasteiger partial charge is 0.255 e. The van der Waals surface area contributed by atoms with Crippen LogP contribution in [-0.4, -0.2) is 125 Å². The SMILES string of the molecule is C.C.CN(C)CCO.CNC(=O)c1c(-c2ccc(F)cc2)oc2ccc(-c3cc(C(=O)NCC(C)C)ccc3O)cc12.CNC(=O)c1c(-c2ccc(F)cc2)oc2ccc(-c3cc(C(=O)NCC(C)C)ccc3OCCN(C)C)cc12. The van der Waals surface area contributed by atoms with Gasteiger partial charge >= 0.3 is 0 Å². The molecular weight excluding hydrogens is 1030 g/mol. The summed E-state index contributed by atoms with van der Waals surface area (Å²) >= 11 is 0. The van der Waals surface area contributed by atoms with Crippen LogP contribution < -0.4 is 26.0 Å². The molecule has 0 spiro atoms. The molecule has 6 N–H and O–H groups in total. The van der Waals surface area contributed by atoms with Crippen LogP contribution in [0, 0.1) is 23.5 Å². The number of benzene rings is 6. The van der Waals surface area contributed by atoms with E-state index in [1.54, 1.807) is 79.8 Å². The van der Waals surface area contributed by atoms with Gasteiger partial charge in [-0.1, -0.05) is 54.7 Å². The Bertz CT molecular complexity index is 3390. The maximum Gasteiger partial charge on any atom is 0.255 e. The molecule has 2 heterocycles. The lowest BCUT2D eigenvalue weighted by Gasteiger charge is -2.16. The number of phenolic OH excluding ortho intramolecular Hbond substituents is 1. The van der Waals surface area contributed by atoms with Crippen molar-refractivity contribution in [1.82, 2.24) is 31.1 Å². The molecule has 0 aliphatic carbocycles. The molecule has 0 unspecified atom stereocenters. The summed E-state index contributed by atoms with van der Waals surface area (Å²) in [6, 6.07) is 32.2. The van der Waals surface area contributed by atoms with Crippen LogP contribution >= 0.6 is 0 Å². The lowest BCUT2D eigenvalue weighted by atomic mass is 9.98. The Labute approximate surface area is 474 Å². The fourth-order valence-electron chi connectivity index (χ4n) is 8.11. The third-order valence-corrected chi connectivity index (χ3v) is 12.3. The van der Waals surface area contributed by atoms with Gasteiger partial charge in [0.2, 0.25) is 0 Å². The van der Waals surface area contributed by atoms with Gasteiger partial charge in [-0.15, -0.1) is 0 Å². The van der Waals surface area contributed by atoms with Gasteiger partial charge in [-0.25, -0.2) is 8.78 Å². The lowest BCUT2D eigenvalue weighted by Crippen LogP contribution is -2.27. The number of rotatable bonds is 18. The van der Waals surface area contributed by atoms with Crippen LogP contribution in [0.15, 0.2) is 130 Å². The number of likely N-dealkylation sites (N-methyl/N-ethyl adjacent to an activating group) is 2. The largest absolute Gasteiger partial charge is 0.507 e. The number of halogens is 2. The van der Waals surface area contributed by atoms with Crippen LogP contribution in [0.3, 0.4) is 0 Å². The van der Waals surface area contributed by atoms with E-state index in [0.29, 0.717) is 115 Å². The molecule has 17 heteroatoms. The molecule has 4 amide bonds. The number of aromatic hydroxyl groups is 1. The van der Waals surface area contributed by atoms with Crippen molar-refractivity contribution in [3.8, 4) is 56.4 Å². The van der Waals surface area contributed by atoms with Crippen molar-refractivity contribution in [2.45, 2.75) is 42.5 Å². The Balaban J connectivity index is 0.000000311. The summed E-state index contributed by atoms with van der Waals surface area (Å²) in [5, 5.41) is 31.0. The predicted molar refractivity (Wildman–Crippen MR) is 320 cm³/mol. The van der Waals surface area contributed by atoms with E-state index in [2.05, 4.69) is 21.3 Å². The Morgan fingerprint density at radius 1 is 0.543 bits per heavy atom. The molecule has 6 aromatic carbocycles. The molecule has 0 aliphatic heterocycles. The number of hydrogen-bond acceptors (Lipinski definition) is 11. The van der Waals surface area contributed by atoms with E-state index in [4.69, 9.17) is 18.7 Å². The van der Waals surface area contributed by atoms with Crippen molar-refractivity contribution in [1.29, 1.82) is 0 Å². The monoisotopic (exact) mass is 1110 g/mol. The minimum Gasteiger partial charge on any atom is -0.507 e. The van der Waals surface area contributed by atoms with E-state index >= 15 is 0 Å². The molecule has 0 saturated carbocycles. The molecular formula is C64H78F2N6O9. The van der Waals surface area contributed by atoms with Crippen LogP contribution in [0.4, 0.5) is 8.78 Å². The average Bonchev–Trinajstić information content (AvgIpc) is 4.27. The Morgan fingerprint density at radius 2 is 0.951 bits per heavy atom. The molecule has 0 atom stereocenters. The highest BCUT2D eigenvalue weighted by atomic mass is 19.1. The zero-order chi connectivity index (χ0) is 57.5. The molecule has 15 nitrogen and oxygen atoms in total. The molecule has 0 radical (unpaired) electrons. The zero-order valence-electron chi connectivity index (χ0n) is 46.3. The predicted octanol–water partition coefficient (Wildman–Crippen LogP) is 11.8. The van der Waals surface area contributed by atoms with E-state index in [9.17, 15) is 33.1 Å². The first-order valence-corrected chi connectivity index (χ1v) is 25.9. The summed E-state index contributed by atoms with van der Waals surface area (Å²) in [6.45, 7) is 11.4. The zero-order valence-corrected chi connectivity index (χ0v) is 46.3. The maximum absolute atomic E-state index is 13.6. The first-order valence-electron chi connectivity index (χ1n) is 25.9. The fraction of sp³-hybridized carbons (Fsp3) is 0.312. The van der Waals surface area contributed by atoms with Crippen LogP contribution in [0.25, 0.3) is 66.8 Å². The summed E-state index contributed by atoms with van der Waals surface area (Å²) < 4.78 is 45.2. The molecule has 8 rings (SSSR count). The molecule has 0 aliphatic rings. The molecule has 0 saturated heterocycles. The summed E-state index contributed by atoms with van der Waals surface area (Å²) in [5.41, 5.74) is 6.25. The molecule has 432 valence electrons. The third kappa shape index (κ3) is 17.1. The Morgan fingerprint density at radius 3 is 1.35 bits per heavy atom. The average molecular weight is 1110 g/mol. The number of hydrogen-bond donors (Lipinski definition) is 6. The van der Waals surface area contributed by atoms with Gasteiger partial charge in [0.05, 0.1) is 17.7 Å². The normalized spacial score (nSPS) is 10.8. The molecule has 0 bridgehead atoms. The number of fused-ring (bicyclic) bond motifs is 2. The number of carbonyl (C=O) groups excluding carboxylic acids is 4. The highest BCUT2D eigenvalue weighted by Crippen LogP contribution is 2.40. The van der Waals surface area contributed by atoms with Gasteiger partial charge in [-0.3, -0.25) is 19.2 Å². The number of nitrogens with one attached hydrogen (secondary N) is 4. The maximum atomic E-state index is 13.6. The third-order valence-electron chi connectivity index (χ3n) is 12.3. The number of ether oxygens (including phenoxy) is 1. The molecule has 0 fully saturated rings. The second-order valence-electron chi connectivity index (χ2n) is 20.0. The topological polar surface area (TPSA) is 199 Å². The molecule has 2 aromatic heterocycles. The van der Waals surface area contributed by atoms with E-state index in [0.717, 1.165) is 24.2 Å². The fourth-order valence-corrected chi connectivity index (χ4v) is 8.11. The quantitative estimate of drug-likeness (QED) is 0.0478. The number of amides is 4. The van der Waals surface area contributed by atoms with E-state index < -0.39 is 5.82 Å². The van der Waals surface area contributed by atoms with Gasteiger partial charge < -0.3 is 54.9 Å². The van der Waals surface area contributed by atoms with E-state index in [1.165, 1.54) is 37.4 Å². The highest BCUT2D eigenvalue weighted by Gasteiger charge is 2.25. The minimum atomic E-state index is -0.392. The number of aliphatic hydroxyl groups excluding tert-OH is 1. The van der Waals surface area contributed by atoms with Crippen LogP contribution in [-0.2, 0) is 0 Å². The van der Waals surface area contributed by atoms with Gasteiger partial charge in [-0.05, 0) is 160 Å². The highest BCUT2D eigenvalue weighted by molar-refractivity contribution is 6.13. The van der Waals surface area contributed by atoms with Crippen molar-refractivity contribution >= 4 is 45.6 Å². The van der Waals surface area contributed by atoms with Crippen molar-refractivity contribution in [2.75, 3.05) is 81.7 Å². The first-order chi connectivity index (χ1) is 37.7. The van der Waals surface area contributed by atoms with Gasteiger partial charge in [0, 0.05) is 84.4 Å². The van der Waals surface area contributed by atoms with Crippen molar-refractivity contribution in [3.63, 3.8) is 0 Å². The summed E-state index contributed by atoms with van der Waals surface area (Å²) in [4.78, 5) is 55.2.